The highest BCUT2D eigenvalue weighted by molar-refractivity contribution is 7.90. The third kappa shape index (κ3) is 3.66. The molecule has 0 bridgehead atoms. The summed E-state index contributed by atoms with van der Waals surface area (Å²) in [7, 11) is -3.12. The minimum Gasteiger partial charge on any atom is -0.381 e. The van der Waals surface area contributed by atoms with E-state index in [0.717, 1.165) is 58.5 Å². The molecule has 3 heterocycles. The van der Waals surface area contributed by atoms with E-state index >= 15 is 0 Å². The molecule has 7 nitrogen and oxygen atoms in total. The van der Waals surface area contributed by atoms with E-state index in [4.69, 9.17) is 4.74 Å². The summed E-state index contributed by atoms with van der Waals surface area (Å²) in [5.74, 6) is 0.238. The molecule has 0 radical (unpaired) electrons. The fourth-order valence-corrected chi connectivity index (χ4v) is 5.21. The van der Waals surface area contributed by atoms with Crippen LogP contribution >= 0.6 is 0 Å². The van der Waals surface area contributed by atoms with E-state index in [-0.39, 0.29) is 11.2 Å². The molecule has 1 atom stereocenters. The van der Waals surface area contributed by atoms with E-state index in [1.165, 1.54) is 5.69 Å². The summed E-state index contributed by atoms with van der Waals surface area (Å²) in [6.45, 7) is 4.70. The van der Waals surface area contributed by atoms with Gasteiger partial charge in [-0.2, -0.15) is 5.10 Å². The van der Waals surface area contributed by atoms with Gasteiger partial charge >= 0.3 is 0 Å². The van der Waals surface area contributed by atoms with E-state index in [2.05, 4.69) is 20.8 Å². The molecule has 0 amide bonds. The summed E-state index contributed by atoms with van der Waals surface area (Å²) < 4.78 is 34.6. The third-order valence-corrected chi connectivity index (χ3v) is 7.26. The lowest BCUT2D eigenvalue weighted by molar-refractivity contribution is 0.0267. The van der Waals surface area contributed by atoms with Crippen LogP contribution in [-0.2, 0) is 27.8 Å². The molecule has 2 aliphatic heterocycles. The Morgan fingerprint density at radius 2 is 2.00 bits per heavy atom. The molecule has 2 fully saturated rings. The number of fused-ring (bicyclic) bond motifs is 1. The van der Waals surface area contributed by atoms with Gasteiger partial charge in [0.1, 0.15) is 0 Å². The fraction of sp³-hybridized carbons (Fsp3) is 0.812. The van der Waals surface area contributed by atoms with Crippen molar-refractivity contribution in [2.75, 3.05) is 26.3 Å². The van der Waals surface area contributed by atoms with Crippen LogP contribution in [0.25, 0.3) is 0 Å². The Labute approximate surface area is 143 Å². The summed E-state index contributed by atoms with van der Waals surface area (Å²) in [5, 5.41) is 4.27. The molecular weight excluding hydrogens is 328 g/mol. The second kappa shape index (κ2) is 6.74. The molecule has 1 aromatic rings. The normalized spacial score (nSPS) is 26.9. The molecule has 0 spiro atoms. The fourth-order valence-electron chi connectivity index (χ4n) is 3.75. The largest absolute Gasteiger partial charge is 0.381 e. The summed E-state index contributed by atoms with van der Waals surface area (Å²) in [6.07, 6.45) is 5.55. The molecule has 1 aromatic heterocycles. The van der Waals surface area contributed by atoms with E-state index in [1.807, 2.05) is 10.9 Å². The highest BCUT2D eigenvalue weighted by Crippen LogP contribution is 2.28. The number of hydrogen-bond acceptors (Lipinski definition) is 5. The lowest BCUT2D eigenvalue weighted by Crippen LogP contribution is -2.43. The van der Waals surface area contributed by atoms with Crippen molar-refractivity contribution in [1.82, 2.24) is 19.4 Å². The minimum atomic E-state index is -3.12. The SMILES string of the molecule is O=S(=O)(NCC1CN(C2CCOCC2)Cc2ccnn2C1)C1CC1. The van der Waals surface area contributed by atoms with E-state index in [1.54, 1.807) is 0 Å². The van der Waals surface area contributed by atoms with Gasteiger partial charge in [0.2, 0.25) is 10.0 Å². The Hall–Kier alpha value is -0.960. The van der Waals surface area contributed by atoms with Crippen LogP contribution in [0.4, 0.5) is 0 Å². The Morgan fingerprint density at radius 3 is 2.75 bits per heavy atom. The quantitative estimate of drug-likeness (QED) is 0.837. The van der Waals surface area contributed by atoms with Crippen molar-refractivity contribution in [1.29, 1.82) is 0 Å². The lowest BCUT2D eigenvalue weighted by Gasteiger charge is -2.34. The predicted molar refractivity (Wildman–Crippen MR) is 89.9 cm³/mol. The lowest BCUT2D eigenvalue weighted by atomic mass is 10.0. The summed E-state index contributed by atoms with van der Waals surface area (Å²) in [5.41, 5.74) is 1.22. The molecule has 1 unspecified atom stereocenters. The molecule has 3 aliphatic rings. The number of nitrogens with one attached hydrogen (secondary N) is 1. The smallest absolute Gasteiger partial charge is 0.214 e. The Kier molecular flexibility index (Phi) is 4.64. The van der Waals surface area contributed by atoms with Crippen LogP contribution in [0.2, 0.25) is 0 Å². The number of sulfonamides is 1. The molecule has 0 aromatic carbocycles. The zero-order valence-corrected chi connectivity index (χ0v) is 14.7. The molecule has 1 saturated carbocycles. The van der Waals surface area contributed by atoms with Crippen molar-refractivity contribution in [3.05, 3.63) is 18.0 Å². The Morgan fingerprint density at radius 1 is 1.21 bits per heavy atom. The van der Waals surface area contributed by atoms with Crippen molar-refractivity contribution >= 4 is 10.0 Å². The highest BCUT2D eigenvalue weighted by Gasteiger charge is 2.36. The van der Waals surface area contributed by atoms with Crippen LogP contribution in [0.15, 0.2) is 12.3 Å². The highest BCUT2D eigenvalue weighted by atomic mass is 32.2. The maximum Gasteiger partial charge on any atom is 0.214 e. The number of rotatable bonds is 5. The van der Waals surface area contributed by atoms with Gasteiger partial charge in [0, 0.05) is 57.5 Å². The Balaban J connectivity index is 1.46. The van der Waals surface area contributed by atoms with E-state index < -0.39 is 10.0 Å². The van der Waals surface area contributed by atoms with Crippen molar-refractivity contribution in [3.8, 4) is 0 Å². The molecular formula is C16H26N4O3S. The van der Waals surface area contributed by atoms with Crippen molar-refractivity contribution in [3.63, 3.8) is 0 Å². The number of aromatic nitrogens is 2. The van der Waals surface area contributed by atoms with Gasteiger partial charge in [0.15, 0.2) is 0 Å². The van der Waals surface area contributed by atoms with Gasteiger partial charge in [-0.15, -0.1) is 0 Å². The van der Waals surface area contributed by atoms with E-state index in [0.29, 0.717) is 12.6 Å². The molecule has 24 heavy (non-hydrogen) atoms. The number of hydrogen-bond donors (Lipinski definition) is 1. The van der Waals surface area contributed by atoms with Crippen LogP contribution in [0.3, 0.4) is 0 Å². The maximum atomic E-state index is 12.1. The topological polar surface area (TPSA) is 76.5 Å². The van der Waals surface area contributed by atoms with Crippen LogP contribution in [-0.4, -0.2) is 60.7 Å². The zero-order valence-electron chi connectivity index (χ0n) is 13.9. The molecule has 1 N–H and O–H groups in total. The van der Waals surface area contributed by atoms with Crippen LogP contribution in [0.5, 0.6) is 0 Å². The van der Waals surface area contributed by atoms with Gasteiger partial charge in [-0.05, 0) is 31.7 Å². The molecule has 134 valence electrons. The average Bonchev–Trinajstić information content (AvgIpc) is 3.39. The number of nitrogens with zero attached hydrogens (tertiary/aromatic N) is 3. The first-order valence-corrected chi connectivity index (χ1v) is 10.5. The monoisotopic (exact) mass is 354 g/mol. The zero-order chi connectivity index (χ0) is 16.6. The Bertz CT molecular complexity index is 665. The van der Waals surface area contributed by atoms with Gasteiger partial charge < -0.3 is 4.74 Å². The molecule has 1 saturated heterocycles. The summed E-state index contributed by atoms with van der Waals surface area (Å²) >= 11 is 0. The van der Waals surface area contributed by atoms with Gasteiger partial charge in [0.05, 0.1) is 10.9 Å². The molecule has 8 heteroatoms. The summed E-state index contributed by atoms with van der Waals surface area (Å²) in [4.78, 5) is 2.50. The van der Waals surface area contributed by atoms with Crippen LogP contribution < -0.4 is 4.72 Å². The van der Waals surface area contributed by atoms with Gasteiger partial charge in [-0.3, -0.25) is 9.58 Å². The first-order valence-electron chi connectivity index (χ1n) is 8.93. The predicted octanol–water partition coefficient (Wildman–Crippen LogP) is 0.576. The van der Waals surface area contributed by atoms with Crippen molar-refractivity contribution in [2.24, 2.45) is 5.92 Å². The number of ether oxygens (including phenoxy) is 1. The third-order valence-electron chi connectivity index (χ3n) is 5.34. The van der Waals surface area contributed by atoms with Crippen molar-refractivity contribution in [2.45, 2.75) is 50.1 Å². The van der Waals surface area contributed by atoms with Crippen LogP contribution in [0.1, 0.15) is 31.4 Å². The van der Waals surface area contributed by atoms with Gasteiger partial charge in [-0.1, -0.05) is 0 Å². The molecule has 4 rings (SSSR count). The van der Waals surface area contributed by atoms with Gasteiger partial charge in [-0.25, -0.2) is 13.1 Å². The van der Waals surface area contributed by atoms with Crippen molar-refractivity contribution < 1.29 is 13.2 Å². The summed E-state index contributed by atoms with van der Waals surface area (Å²) in [6, 6.07) is 2.59. The second-order valence-electron chi connectivity index (χ2n) is 7.24. The minimum absolute atomic E-state index is 0.157. The molecule has 1 aliphatic carbocycles. The first-order chi connectivity index (χ1) is 11.6. The van der Waals surface area contributed by atoms with E-state index in [9.17, 15) is 8.42 Å². The first kappa shape index (κ1) is 16.5. The van der Waals surface area contributed by atoms with Crippen LogP contribution in [0, 0.1) is 5.92 Å². The maximum absolute atomic E-state index is 12.1. The average molecular weight is 354 g/mol. The standard InChI is InChI=1S/C16H26N4O3S/c21-24(22,16-1-2-16)18-9-13-10-19(14-4-7-23-8-5-14)12-15-3-6-17-20(15)11-13/h3,6,13-14,16,18H,1-2,4-5,7-12H2. The van der Waals surface area contributed by atoms with Gasteiger partial charge in [0.25, 0.3) is 0 Å². The second-order valence-corrected chi connectivity index (χ2v) is 9.28.